The van der Waals surface area contributed by atoms with E-state index in [1.165, 1.54) is 0 Å². The third-order valence-electron chi connectivity index (χ3n) is 4.44. The normalized spacial score (nSPS) is 10.3. The van der Waals surface area contributed by atoms with Crippen LogP contribution in [-0.2, 0) is 4.79 Å². The SMILES string of the molecule is CCN(CC)C(=O)c1ccc(NC(=O)CCCNC(=O)c2ccc(Cl)cc2)cc1. The molecule has 0 aliphatic carbocycles. The van der Waals surface area contributed by atoms with Crippen LogP contribution in [0.25, 0.3) is 0 Å². The third kappa shape index (κ3) is 6.91. The number of nitrogens with one attached hydrogen (secondary N) is 2. The minimum Gasteiger partial charge on any atom is -0.352 e. The zero-order chi connectivity index (χ0) is 21.2. The predicted octanol–water partition coefficient (Wildman–Crippen LogP) is 3.97. The molecule has 0 bridgehead atoms. The number of halogens is 1. The van der Waals surface area contributed by atoms with Crippen LogP contribution in [0.3, 0.4) is 0 Å². The van der Waals surface area contributed by atoms with Gasteiger partial charge >= 0.3 is 0 Å². The van der Waals surface area contributed by atoms with E-state index in [0.717, 1.165) is 0 Å². The molecule has 0 fully saturated rings. The lowest BCUT2D eigenvalue weighted by molar-refractivity contribution is -0.116. The van der Waals surface area contributed by atoms with Crippen molar-refractivity contribution >= 4 is 35.0 Å². The summed E-state index contributed by atoms with van der Waals surface area (Å²) >= 11 is 5.80. The van der Waals surface area contributed by atoms with Crippen molar-refractivity contribution in [2.24, 2.45) is 0 Å². The van der Waals surface area contributed by atoms with Crippen LogP contribution >= 0.6 is 11.6 Å². The molecule has 154 valence electrons. The molecule has 6 nitrogen and oxygen atoms in total. The molecule has 2 rings (SSSR count). The molecule has 0 radical (unpaired) electrons. The number of hydrogen-bond acceptors (Lipinski definition) is 3. The molecule has 0 saturated heterocycles. The lowest BCUT2D eigenvalue weighted by Crippen LogP contribution is -2.30. The van der Waals surface area contributed by atoms with Crippen LogP contribution in [0.1, 0.15) is 47.4 Å². The summed E-state index contributed by atoms with van der Waals surface area (Å²) in [5, 5.41) is 6.15. The molecule has 0 saturated carbocycles. The zero-order valence-corrected chi connectivity index (χ0v) is 17.5. The molecule has 0 aliphatic heterocycles. The van der Waals surface area contributed by atoms with E-state index >= 15 is 0 Å². The molecule has 2 N–H and O–H groups in total. The predicted molar refractivity (Wildman–Crippen MR) is 115 cm³/mol. The van der Waals surface area contributed by atoms with Crippen molar-refractivity contribution in [1.82, 2.24) is 10.2 Å². The maximum Gasteiger partial charge on any atom is 0.253 e. The first-order valence-electron chi connectivity index (χ1n) is 9.67. The van der Waals surface area contributed by atoms with Gasteiger partial charge in [-0.25, -0.2) is 0 Å². The third-order valence-corrected chi connectivity index (χ3v) is 4.69. The average Bonchev–Trinajstić information content (AvgIpc) is 2.73. The van der Waals surface area contributed by atoms with Gasteiger partial charge in [-0.1, -0.05) is 11.6 Å². The highest BCUT2D eigenvalue weighted by atomic mass is 35.5. The Kier molecular flexibility index (Phi) is 8.68. The smallest absolute Gasteiger partial charge is 0.253 e. The molecular weight excluding hydrogens is 390 g/mol. The standard InChI is InChI=1S/C22H26ClN3O3/c1-3-26(4-2)22(29)17-9-13-19(14-10-17)25-20(27)6-5-15-24-21(28)16-7-11-18(23)12-8-16/h7-14H,3-6,15H2,1-2H3,(H,24,28)(H,25,27). The van der Waals surface area contributed by atoms with Gasteiger partial charge in [-0.15, -0.1) is 0 Å². The Morgan fingerprint density at radius 3 is 2.07 bits per heavy atom. The van der Waals surface area contributed by atoms with Crippen LogP contribution in [0.15, 0.2) is 48.5 Å². The first kappa shape index (κ1) is 22.4. The van der Waals surface area contributed by atoms with Crippen molar-refractivity contribution in [2.45, 2.75) is 26.7 Å². The Morgan fingerprint density at radius 2 is 1.48 bits per heavy atom. The molecular formula is C22H26ClN3O3. The molecule has 29 heavy (non-hydrogen) atoms. The Bertz CT molecular complexity index is 831. The zero-order valence-electron chi connectivity index (χ0n) is 16.7. The molecule has 3 amide bonds. The molecule has 0 aliphatic rings. The van der Waals surface area contributed by atoms with Crippen molar-refractivity contribution in [1.29, 1.82) is 0 Å². The van der Waals surface area contributed by atoms with Gasteiger partial charge < -0.3 is 15.5 Å². The van der Waals surface area contributed by atoms with E-state index in [-0.39, 0.29) is 24.1 Å². The van der Waals surface area contributed by atoms with Gasteiger partial charge in [0.2, 0.25) is 5.91 Å². The van der Waals surface area contributed by atoms with Gasteiger partial charge in [0, 0.05) is 47.9 Å². The number of anilines is 1. The molecule has 0 aromatic heterocycles. The topological polar surface area (TPSA) is 78.5 Å². The molecule has 7 heteroatoms. The quantitative estimate of drug-likeness (QED) is 0.608. The highest BCUT2D eigenvalue weighted by Crippen LogP contribution is 2.12. The fourth-order valence-electron chi connectivity index (χ4n) is 2.77. The average molecular weight is 416 g/mol. The number of carbonyl (C=O) groups excluding carboxylic acids is 3. The number of hydrogen-bond donors (Lipinski definition) is 2. The van der Waals surface area contributed by atoms with Crippen molar-refractivity contribution in [3.8, 4) is 0 Å². The minimum atomic E-state index is -0.199. The van der Waals surface area contributed by atoms with Crippen LogP contribution in [-0.4, -0.2) is 42.3 Å². The number of carbonyl (C=O) groups is 3. The van der Waals surface area contributed by atoms with E-state index < -0.39 is 0 Å². The highest BCUT2D eigenvalue weighted by molar-refractivity contribution is 6.30. The fourth-order valence-corrected chi connectivity index (χ4v) is 2.89. The highest BCUT2D eigenvalue weighted by Gasteiger charge is 2.12. The van der Waals surface area contributed by atoms with Crippen molar-refractivity contribution in [2.75, 3.05) is 25.0 Å². The number of benzene rings is 2. The van der Waals surface area contributed by atoms with Gasteiger partial charge in [-0.2, -0.15) is 0 Å². The summed E-state index contributed by atoms with van der Waals surface area (Å²) in [5.74, 6) is -0.367. The number of nitrogens with zero attached hydrogens (tertiary/aromatic N) is 1. The van der Waals surface area contributed by atoms with E-state index in [0.29, 0.717) is 47.9 Å². The van der Waals surface area contributed by atoms with Gasteiger partial charge in [0.15, 0.2) is 0 Å². The largest absolute Gasteiger partial charge is 0.352 e. The molecule has 0 spiro atoms. The minimum absolute atomic E-state index is 0.0238. The van der Waals surface area contributed by atoms with Gasteiger partial charge in [-0.3, -0.25) is 14.4 Å². The van der Waals surface area contributed by atoms with Gasteiger partial charge in [0.1, 0.15) is 0 Å². The van der Waals surface area contributed by atoms with E-state index in [2.05, 4.69) is 10.6 Å². The molecule has 0 heterocycles. The molecule has 0 unspecified atom stereocenters. The van der Waals surface area contributed by atoms with Crippen LogP contribution in [0.4, 0.5) is 5.69 Å². The van der Waals surface area contributed by atoms with Crippen molar-refractivity contribution in [3.05, 3.63) is 64.7 Å². The summed E-state index contributed by atoms with van der Waals surface area (Å²) < 4.78 is 0. The van der Waals surface area contributed by atoms with E-state index in [1.807, 2.05) is 13.8 Å². The van der Waals surface area contributed by atoms with Gasteiger partial charge in [-0.05, 0) is 68.8 Å². The first-order chi connectivity index (χ1) is 13.9. The van der Waals surface area contributed by atoms with Crippen LogP contribution < -0.4 is 10.6 Å². The van der Waals surface area contributed by atoms with Crippen LogP contribution in [0.5, 0.6) is 0 Å². The summed E-state index contributed by atoms with van der Waals surface area (Å²) in [4.78, 5) is 38.1. The molecule has 0 atom stereocenters. The lowest BCUT2D eigenvalue weighted by Gasteiger charge is -2.18. The number of amides is 3. The maximum atomic E-state index is 12.3. The number of rotatable bonds is 9. The van der Waals surface area contributed by atoms with E-state index in [4.69, 9.17) is 11.6 Å². The lowest BCUT2D eigenvalue weighted by atomic mass is 10.1. The monoisotopic (exact) mass is 415 g/mol. The van der Waals surface area contributed by atoms with E-state index in [9.17, 15) is 14.4 Å². The van der Waals surface area contributed by atoms with Crippen LogP contribution in [0.2, 0.25) is 5.02 Å². The fraction of sp³-hybridized carbons (Fsp3) is 0.318. The van der Waals surface area contributed by atoms with E-state index in [1.54, 1.807) is 53.4 Å². The summed E-state index contributed by atoms with van der Waals surface area (Å²) in [5.41, 5.74) is 1.76. The van der Waals surface area contributed by atoms with Crippen molar-refractivity contribution < 1.29 is 14.4 Å². The second-order valence-electron chi connectivity index (χ2n) is 6.47. The summed E-state index contributed by atoms with van der Waals surface area (Å²) in [6, 6.07) is 13.5. The summed E-state index contributed by atoms with van der Waals surface area (Å²) in [6.45, 7) is 5.58. The summed E-state index contributed by atoms with van der Waals surface area (Å²) in [6.07, 6.45) is 0.796. The Balaban J connectivity index is 1.74. The molecule has 2 aromatic carbocycles. The van der Waals surface area contributed by atoms with Crippen LogP contribution in [0, 0.1) is 0 Å². The van der Waals surface area contributed by atoms with Gasteiger partial charge in [0.25, 0.3) is 11.8 Å². The first-order valence-corrected chi connectivity index (χ1v) is 10.0. The second kappa shape index (κ2) is 11.2. The van der Waals surface area contributed by atoms with Gasteiger partial charge in [0.05, 0.1) is 0 Å². The Labute approximate surface area is 176 Å². The van der Waals surface area contributed by atoms with Crippen molar-refractivity contribution in [3.63, 3.8) is 0 Å². The Morgan fingerprint density at radius 1 is 0.897 bits per heavy atom. The summed E-state index contributed by atoms with van der Waals surface area (Å²) in [7, 11) is 0. The molecule has 2 aromatic rings. The maximum absolute atomic E-state index is 12.3. The second-order valence-corrected chi connectivity index (χ2v) is 6.91. The Hall–Kier alpha value is -2.86.